The van der Waals surface area contributed by atoms with Gasteiger partial charge in [0.15, 0.2) is 11.5 Å². The average molecular weight is 430 g/mol. The molecule has 0 atom stereocenters. The quantitative estimate of drug-likeness (QED) is 0.809. The number of rotatable bonds is 4. The van der Waals surface area contributed by atoms with Crippen LogP contribution in [0.25, 0.3) is 0 Å². The maximum atomic E-state index is 12.5. The summed E-state index contributed by atoms with van der Waals surface area (Å²) < 4.78 is 11.5. The van der Waals surface area contributed by atoms with Crippen LogP contribution < -0.4 is 19.8 Å². The first-order valence-corrected chi connectivity index (χ1v) is 9.22. The average Bonchev–Trinajstić information content (AvgIpc) is 3.15. The molecule has 2 aromatic carbocycles. The summed E-state index contributed by atoms with van der Waals surface area (Å²) in [6.07, 6.45) is 0.561. The number of ether oxygens (including phenoxy) is 2. The summed E-state index contributed by atoms with van der Waals surface area (Å²) in [5.74, 6) is 0.945. The molecule has 0 bridgehead atoms. The van der Waals surface area contributed by atoms with E-state index in [0.29, 0.717) is 35.9 Å². The van der Waals surface area contributed by atoms with Crippen molar-refractivity contribution in [3.05, 3.63) is 52.5 Å². The fourth-order valence-electron chi connectivity index (χ4n) is 2.84. The molecular weight excluding hydrogens is 414 g/mol. The van der Waals surface area contributed by atoms with E-state index < -0.39 is 0 Å². The number of halogens is 1. The number of amides is 2. The van der Waals surface area contributed by atoms with Crippen molar-refractivity contribution in [2.45, 2.75) is 19.4 Å². The number of nitrogens with zero attached hydrogens (tertiary/aromatic N) is 2. The van der Waals surface area contributed by atoms with Gasteiger partial charge in [-0.3, -0.25) is 9.59 Å². The van der Waals surface area contributed by atoms with E-state index in [1.165, 1.54) is 5.01 Å². The van der Waals surface area contributed by atoms with E-state index in [4.69, 9.17) is 9.47 Å². The van der Waals surface area contributed by atoms with E-state index >= 15 is 0 Å². The second kappa shape index (κ2) is 7.40. The van der Waals surface area contributed by atoms with Crippen molar-refractivity contribution in [1.29, 1.82) is 0 Å². The Balaban J connectivity index is 1.45. The SMILES string of the molecule is O=C(NCc1ccc2c(c1)OCO2)C1=NN(c2ccc(Br)cc2)C(=O)CC1. The highest BCUT2D eigenvalue weighted by molar-refractivity contribution is 9.10. The molecule has 0 saturated carbocycles. The van der Waals surface area contributed by atoms with Crippen molar-refractivity contribution in [2.75, 3.05) is 11.8 Å². The number of hydrogen-bond acceptors (Lipinski definition) is 5. The summed E-state index contributed by atoms with van der Waals surface area (Å²) in [6.45, 7) is 0.544. The van der Waals surface area contributed by atoms with Gasteiger partial charge in [0.1, 0.15) is 5.71 Å². The molecular formula is C19H16BrN3O4. The monoisotopic (exact) mass is 429 g/mol. The van der Waals surface area contributed by atoms with Gasteiger partial charge < -0.3 is 14.8 Å². The molecule has 2 aromatic rings. The Hall–Kier alpha value is -2.87. The van der Waals surface area contributed by atoms with Crippen LogP contribution in [-0.4, -0.2) is 24.3 Å². The first-order valence-electron chi connectivity index (χ1n) is 8.43. The summed E-state index contributed by atoms with van der Waals surface area (Å²) in [5, 5.41) is 8.39. The third-order valence-corrected chi connectivity index (χ3v) is 4.78. The summed E-state index contributed by atoms with van der Waals surface area (Å²) >= 11 is 3.36. The minimum absolute atomic E-state index is 0.135. The van der Waals surface area contributed by atoms with Crippen molar-refractivity contribution in [2.24, 2.45) is 5.10 Å². The van der Waals surface area contributed by atoms with Crippen LogP contribution in [0.2, 0.25) is 0 Å². The minimum Gasteiger partial charge on any atom is -0.454 e. The number of hydrogen-bond donors (Lipinski definition) is 1. The van der Waals surface area contributed by atoms with Crippen LogP contribution >= 0.6 is 15.9 Å². The van der Waals surface area contributed by atoms with Crippen LogP contribution in [0.4, 0.5) is 5.69 Å². The maximum Gasteiger partial charge on any atom is 0.267 e. The van der Waals surface area contributed by atoms with Crippen molar-refractivity contribution < 1.29 is 19.1 Å². The van der Waals surface area contributed by atoms with Crippen LogP contribution in [0.15, 0.2) is 52.0 Å². The Labute approximate surface area is 164 Å². The standard InChI is InChI=1S/C19H16BrN3O4/c20-13-2-4-14(5-3-13)23-18(24)8-6-15(22-23)19(25)21-10-12-1-7-16-17(9-12)27-11-26-16/h1-5,7,9H,6,8,10-11H2,(H,21,25). The van der Waals surface area contributed by atoms with E-state index in [1.54, 1.807) is 12.1 Å². The highest BCUT2D eigenvalue weighted by Crippen LogP contribution is 2.32. The van der Waals surface area contributed by atoms with Gasteiger partial charge >= 0.3 is 0 Å². The first kappa shape index (κ1) is 17.5. The molecule has 1 N–H and O–H groups in total. The second-order valence-electron chi connectivity index (χ2n) is 6.10. The molecule has 0 fully saturated rings. The van der Waals surface area contributed by atoms with Gasteiger partial charge in [0.25, 0.3) is 5.91 Å². The lowest BCUT2D eigenvalue weighted by molar-refractivity contribution is -0.119. The Morgan fingerprint density at radius 3 is 2.70 bits per heavy atom. The van der Waals surface area contributed by atoms with Gasteiger partial charge in [-0.05, 0) is 42.0 Å². The van der Waals surface area contributed by atoms with Crippen molar-refractivity contribution in [3.8, 4) is 11.5 Å². The fourth-order valence-corrected chi connectivity index (χ4v) is 3.10. The zero-order valence-electron chi connectivity index (χ0n) is 14.3. The van der Waals surface area contributed by atoms with E-state index in [2.05, 4.69) is 26.3 Å². The Morgan fingerprint density at radius 1 is 1.11 bits per heavy atom. The van der Waals surface area contributed by atoms with E-state index in [0.717, 1.165) is 10.0 Å². The van der Waals surface area contributed by atoms with E-state index in [-0.39, 0.29) is 25.0 Å². The highest BCUT2D eigenvalue weighted by Gasteiger charge is 2.25. The third kappa shape index (κ3) is 3.80. The first-order chi connectivity index (χ1) is 13.1. The van der Waals surface area contributed by atoms with Crippen LogP contribution in [0.1, 0.15) is 18.4 Å². The number of hydrazone groups is 1. The smallest absolute Gasteiger partial charge is 0.267 e. The van der Waals surface area contributed by atoms with Gasteiger partial charge in [0, 0.05) is 23.9 Å². The van der Waals surface area contributed by atoms with Crippen molar-refractivity contribution >= 4 is 39.1 Å². The number of fused-ring (bicyclic) bond motifs is 1. The molecule has 0 aromatic heterocycles. The number of anilines is 1. The van der Waals surface area contributed by atoms with Crippen LogP contribution in [0.3, 0.4) is 0 Å². The largest absolute Gasteiger partial charge is 0.454 e. The van der Waals surface area contributed by atoms with Crippen LogP contribution in [0, 0.1) is 0 Å². The van der Waals surface area contributed by atoms with Gasteiger partial charge in [-0.15, -0.1) is 0 Å². The number of carbonyl (C=O) groups excluding carboxylic acids is 2. The topological polar surface area (TPSA) is 80.2 Å². The molecule has 7 nitrogen and oxygen atoms in total. The highest BCUT2D eigenvalue weighted by atomic mass is 79.9. The number of nitrogens with one attached hydrogen (secondary N) is 1. The fraction of sp³-hybridized carbons (Fsp3) is 0.211. The van der Waals surface area contributed by atoms with Gasteiger partial charge in [-0.1, -0.05) is 22.0 Å². The summed E-state index contributed by atoms with van der Waals surface area (Å²) in [4.78, 5) is 24.7. The van der Waals surface area contributed by atoms with Gasteiger partial charge in [-0.2, -0.15) is 5.10 Å². The van der Waals surface area contributed by atoms with Gasteiger partial charge in [-0.25, -0.2) is 5.01 Å². The molecule has 0 saturated heterocycles. The molecule has 0 radical (unpaired) electrons. The predicted molar refractivity (Wildman–Crippen MR) is 103 cm³/mol. The van der Waals surface area contributed by atoms with Crippen LogP contribution in [0.5, 0.6) is 11.5 Å². The van der Waals surface area contributed by atoms with Crippen LogP contribution in [-0.2, 0) is 16.1 Å². The van der Waals surface area contributed by atoms with E-state index in [9.17, 15) is 9.59 Å². The Bertz CT molecular complexity index is 927. The van der Waals surface area contributed by atoms with Crippen molar-refractivity contribution in [3.63, 3.8) is 0 Å². The molecule has 2 heterocycles. The lowest BCUT2D eigenvalue weighted by atomic mass is 10.1. The maximum absolute atomic E-state index is 12.5. The molecule has 27 heavy (non-hydrogen) atoms. The lowest BCUT2D eigenvalue weighted by Gasteiger charge is -2.23. The molecule has 0 aliphatic carbocycles. The summed E-state index contributed by atoms with van der Waals surface area (Å²) in [7, 11) is 0. The predicted octanol–water partition coefficient (Wildman–Crippen LogP) is 2.98. The minimum atomic E-state index is -0.290. The molecule has 8 heteroatoms. The lowest BCUT2D eigenvalue weighted by Crippen LogP contribution is -2.38. The number of benzene rings is 2. The summed E-state index contributed by atoms with van der Waals surface area (Å²) in [5.41, 5.74) is 1.85. The molecule has 0 unspecified atom stereocenters. The third-order valence-electron chi connectivity index (χ3n) is 4.26. The summed E-state index contributed by atoms with van der Waals surface area (Å²) in [6, 6.07) is 12.7. The zero-order chi connectivity index (χ0) is 18.8. The molecule has 2 amide bonds. The van der Waals surface area contributed by atoms with Gasteiger partial charge in [0.05, 0.1) is 5.69 Å². The zero-order valence-corrected chi connectivity index (χ0v) is 15.9. The number of carbonyl (C=O) groups is 2. The second-order valence-corrected chi connectivity index (χ2v) is 7.01. The Kier molecular flexibility index (Phi) is 4.81. The van der Waals surface area contributed by atoms with E-state index in [1.807, 2.05) is 30.3 Å². The molecule has 2 aliphatic heterocycles. The normalized spacial score (nSPS) is 15.5. The van der Waals surface area contributed by atoms with Gasteiger partial charge in [0.2, 0.25) is 12.7 Å². The Morgan fingerprint density at radius 2 is 1.89 bits per heavy atom. The molecule has 138 valence electrons. The van der Waals surface area contributed by atoms with Crippen molar-refractivity contribution in [1.82, 2.24) is 5.32 Å². The molecule has 4 rings (SSSR count). The molecule has 0 spiro atoms. The molecule has 2 aliphatic rings.